The zero-order valence-electron chi connectivity index (χ0n) is 15.1. The fourth-order valence-electron chi connectivity index (χ4n) is 3.94. The van der Waals surface area contributed by atoms with Crippen LogP contribution in [-0.4, -0.2) is 62.4 Å². The monoisotopic (exact) mass is 340 g/mol. The number of aromatic nitrogens is 1. The number of para-hydroxylation sites is 1. The standard InChI is InChI=1S/C20H28N4O/c1-23-8-4-6-18(23)15-21-14-17-13-16-5-2-3-7-19(16)22-20(17)24-9-11-25-12-10-24/h2-3,5,7,13,18,21H,4,6,8-12,14-15H2,1H3/t18-/m1/s1. The molecule has 3 heterocycles. The van der Waals surface area contributed by atoms with Gasteiger partial charge in [0.25, 0.3) is 0 Å². The Hall–Kier alpha value is -1.69. The minimum absolute atomic E-state index is 0.667. The Morgan fingerprint density at radius 1 is 1.20 bits per heavy atom. The van der Waals surface area contributed by atoms with Gasteiger partial charge in [-0.15, -0.1) is 0 Å². The Labute approximate surface area is 150 Å². The predicted octanol–water partition coefficient (Wildman–Crippen LogP) is 2.26. The van der Waals surface area contributed by atoms with E-state index in [1.807, 2.05) is 0 Å². The van der Waals surface area contributed by atoms with Crippen molar-refractivity contribution in [3.05, 3.63) is 35.9 Å². The molecule has 0 spiro atoms. The van der Waals surface area contributed by atoms with Crippen LogP contribution in [0, 0.1) is 0 Å². The summed E-state index contributed by atoms with van der Waals surface area (Å²) in [5, 5.41) is 4.90. The van der Waals surface area contributed by atoms with E-state index < -0.39 is 0 Å². The van der Waals surface area contributed by atoms with Crippen molar-refractivity contribution in [2.75, 3.05) is 51.3 Å². The lowest BCUT2D eigenvalue weighted by Crippen LogP contribution is -2.38. The first-order valence-electron chi connectivity index (χ1n) is 9.43. The third-order valence-electron chi connectivity index (χ3n) is 5.46. The van der Waals surface area contributed by atoms with Crippen molar-refractivity contribution in [3.63, 3.8) is 0 Å². The molecule has 1 aromatic carbocycles. The number of hydrogen-bond donors (Lipinski definition) is 1. The molecule has 1 aromatic heterocycles. The number of morpholine rings is 1. The van der Waals surface area contributed by atoms with Crippen molar-refractivity contribution in [1.82, 2.24) is 15.2 Å². The van der Waals surface area contributed by atoms with Gasteiger partial charge in [-0.25, -0.2) is 4.98 Å². The zero-order valence-corrected chi connectivity index (χ0v) is 15.1. The molecule has 1 atom stereocenters. The lowest BCUT2D eigenvalue weighted by molar-refractivity contribution is 0.122. The summed E-state index contributed by atoms with van der Waals surface area (Å²) in [6, 6.07) is 11.4. The first kappa shape index (κ1) is 16.8. The van der Waals surface area contributed by atoms with Gasteiger partial charge in [0.05, 0.1) is 18.7 Å². The molecule has 25 heavy (non-hydrogen) atoms. The number of fused-ring (bicyclic) bond motifs is 1. The molecule has 4 rings (SSSR count). The van der Waals surface area contributed by atoms with E-state index in [1.54, 1.807) is 0 Å². The molecule has 2 fully saturated rings. The summed E-state index contributed by atoms with van der Waals surface area (Å²) in [5.74, 6) is 1.12. The third kappa shape index (κ3) is 3.78. The Balaban J connectivity index is 1.54. The lowest BCUT2D eigenvalue weighted by Gasteiger charge is -2.30. The van der Waals surface area contributed by atoms with Gasteiger partial charge in [-0.1, -0.05) is 18.2 Å². The predicted molar refractivity (Wildman–Crippen MR) is 102 cm³/mol. The van der Waals surface area contributed by atoms with Crippen LogP contribution >= 0.6 is 0 Å². The Morgan fingerprint density at radius 3 is 2.84 bits per heavy atom. The van der Waals surface area contributed by atoms with Gasteiger partial charge in [-0.2, -0.15) is 0 Å². The molecule has 134 valence electrons. The highest BCUT2D eigenvalue weighted by Gasteiger charge is 2.21. The van der Waals surface area contributed by atoms with Gasteiger partial charge in [0.15, 0.2) is 0 Å². The maximum absolute atomic E-state index is 5.52. The van der Waals surface area contributed by atoms with Crippen LogP contribution in [0.5, 0.6) is 0 Å². The van der Waals surface area contributed by atoms with Crippen LogP contribution in [0.4, 0.5) is 5.82 Å². The van der Waals surface area contributed by atoms with Crippen molar-refractivity contribution in [2.24, 2.45) is 0 Å². The van der Waals surface area contributed by atoms with Crippen LogP contribution in [0.25, 0.3) is 10.9 Å². The van der Waals surface area contributed by atoms with Gasteiger partial charge >= 0.3 is 0 Å². The SMILES string of the molecule is CN1CCC[C@@H]1CNCc1cc2ccccc2nc1N1CCOCC1. The molecular formula is C20H28N4O. The van der Waals surface area contributed by atoms with Crippen LogP contribution in [0.2, 0.25) is 0 Å². The van der Waals surface area contributed by atoms with E-state index in [0.29, 0.717) is 6.04 Å². The number of benzene rings is 1. The van der Waals surface area contributed by atoms with Crippen LogP contribution in [0.3, 0.4) is 0 Å². The van der Waals surface area contributed by atoms with Gasteiger partial charge < -0.3 is 19.9 Å². The molecule has 2 aliphatic heterocycles. The van der Waals surface area contributed by atoms with E-state index in [2.05, 4.69) is 52.5 Å². The highest BCUT2D eigenvalue weighted by atomic mass is 16.5. The summed E-state index contributed by atoms with van der Waals surface area (Å²) in [6.45, 7) is 6.56. The van der Waals surface area contributed by atoms with Crippen molar-refractivity contribution in [2.45, 2.75) is 25.4 Å². The summed E-state index contributed by atoms with van der Waals surface area (Å²) < 4.78 is 5.52. The number of nitrogens with zero attached hydrogens (tertiary/aromatic N) is 3. The molecule has 5 nitrogen and oxygen atoms in total. The molecule has 0 radical (unpaired) electrons. The quantitative estimate of drug-likeness (QED) is 0.904. The van der Waals surface area contributed by atoms with E-state index in [9.17, 15) is 0 Å². The molecule has 1 N–H and O–H groups in total. The molecule has 0 aliphatic carbocycles. The molecule has 0 amide bonds. The number of nitrogens with one attached hydrogen (secondary N) is 1. The maximum atomic E-state index is 5.52. The minimum atomic E-state index is 0.667. The van der Waals surface area contributed by atoms with Gasteiger partial charge in [-0.05, 0) is 38.6 Å². The molecule has 0 bridgehead atoms. The fraction of sp³-hybridized carbons (Fsp3) is 0.550. The average molecular weight is 340 g/mol. The molecule has 2 aliphatic rings. The number of hydrogen-bond acceptors (Lipinski definition) is 5. The topological polar surface area (TPSA) is 40.6 Å². The highest BCUT2D eigenvalue weighted by molar-refractivity contribution is 5.81. The summed E-state index contributed by atoms with van der Waals surface area (Å²) >= 11 is 0. The number of rotatable bonds is 5. The van der Waals surface area contributed by atoms with E-state index in [1.165, 1.54) is 30.3 Å². The van der Waals surface area contributed by atoms with Crippen molar-refractivity contribution >= 4 is 16.7 Å². The lowest BCUT2D eigenvalue weighted by atomic mass is 10.1. The van der Waals surface area contributed by atoms with E-state index in [4.69, 9.17) is 9.72 Å². The maximum Gasteiger partial charge on any atom is 0.133 e. The number of pyridine rings is 1. The van der Waals surface area contributed by atoms with Crippen LogP contribution < -0.4 is 10.2 Å². The van der Waals surface area contributed by atoms with E-state index in [0.717, 1.165) is 50.7 Å². The molecule has 2 aromatic rings. The highest BCUT2D eigenvalue weighted by Crippen LogP contribution is 2.24. The van der Waals surface area contributed by atoms with Crippen molar-refractivity contribution < 1.29 is 4.74 Å². The van der Waals surface area contributed by atoms with Gasteiger partial charge in [0.2, 0.25) is 0 Å². The Kier molecular flexibility index (Phi) is 5.15. The van der Waals surface area contributed by atoms with Crippen molar-refractivity contribution in [1.29, 1.82) is 0 Å². The third-order valence-corrected chi connectivity index (χ3v) is 5.46. The average Bonchev–Trinajstić information content (AvgIpc) is 3.07. The summed E-state index contributed by atoms with van der Waals surface area (Å²) in [4.78, 5) is 9.82. The fourth-order valence-corrected chi connectivity index (χ4v) is 3.94. The second kappa shape index (κ2) is 7.68. The number of ether oxygens (including phenoxy) is 1. The smallest absolute Gasteiger partial charge is 0.133 e. The molecule has 5 heteroatoms. The number of anilines is 1. The van der Waals surface area contributed by atoms with Gasteiger partial charge in [-0.3, -0.25) is 0 Å². The van der Waals surface area contributed by atoms with Crippen LogP contribution in [0.15, 0.2) is 30.3 Å². The molecule has 0 unspecified atom stereocenters. The molecule has 0 saturated carbocycles. The number of likely N-dealkylation sites (N-methyl/N-ethyl adjacent to an activating group) is 1. The first-order valence-corrected chi connectivity index (χ1v) is 9.43. The largest absolute Gasteiger partial charge is 0.378 e. The first-order chi connectivity index (χ1) is 12.3. The Bertz CT molecular complexity index is 714. The normalized spacial score (nSPS) is 22.0. The summed E-state index contributed by atoms with van der Waals surface area (Å²) in [5.41, 5.74) is 2.37. The Morgan fingerprint density at radius 2 is 2.04 bits per heavy atom. The van der Waals surface area contributed by atoms with E-state index >= 15 is 0 Å². The van der Waals surface area contributed by atoms with Crippen LogP contribution in [0.1, 0.15) is 18.4 Å². The number of likely N-dealkylation sites (tertiary alicyclic amines) is 1. The zero-order chi connectivity index (χ0) is 17.1. The van der Waals surface area contributed by atoms with E-state index in [-0.39, 0.29) is 0 Å². The minimum Gasteiger partial charge on any atom is -0.378 e. The van der Waals surface area contributed by atoms with Crippen molar-refractivity contribution in [3.8, 4) is 0 Å². The molecular weight excluding hydrogens is 312 g/mol. The molecule has 2 saturated heterocycles. The summed E-state index contributed by atoms with van der Waals surface area (Å²) in [6.07, 6.45) is 2.62. The second-order valence-electron chi connectivity index (χ2n) is 7.17. The van der Waals surface area contributed by atoms with Gasteiger partial charge in [0, 0.05) is 43.2 Å². The second-order valence-corrected chi connectivity index (χ2v) is 7.17. The van der Waals surface area contributed by atoms with Gasteiger partial charge in [0.1, 0.15) is 5.82 Å². The van der Waals surface area contributed by atoms with Crippen LogP contribution in [-0.2, 0) is 11.3 Å². The summed E-state index contributed by atoms with van der Waals surface area (Å²) in [7, 11) is 2.23.